The molecule has 7 nitrogen and oxygen atoms in total. The van der Waals surface area contributed by atoms with Gasteiger partial charge in [0.15, 0.2) is 5.96 Å². The summed E-state index contributed by atoms with van der Waals surface area (Å²) in [5, 5.41) is 6.73. The van der Waals surface area contributed by atoms with Crippen LogP contribution in [0.25, 0.3) is 0 Å². The SMILES string of the molecule is CN=C(NCCCOCC1CCOC1)NCC1CN2CCCC2CO1. The van der Waals surface area contributed by atoms with E-state index in [4.69, 9.17) is 14.2 Å². The van der Waals surface area contributed by atoms with E-state index < -0.39 is 0 Å². The first-order valence-electron chi connectivity index (χ1n) is 9.81. The molecule has 3 aliphatic rings. The monoisotopic (exact) mass is 354 g/mol. The number of nitrogens with zero attached hydrogens (tertiary/aromatic N) is 2. The van der Waals surface area contributed by atoms with E-state index >= 15 is 0 Å². The van der Waals surface area contributed by atoms with Crippen molar-refractivity contribution in [3.63, 3.8) is 0 Å². The van der Waals surface area contributed by atoms with Crippen LogP contribution in [0.3, 0.4) is 0 Å². The molecule has 3 aliphatic heterocycles. The van der Waals surface area contributed by atoms with Gasteiger partial charge in [0, 0.05) is 51.9 Å². The highest BCUT2D eigenvalue weighted by Crippen LogP contribution is 2.22. The first-order valence-corrected chi connectivity index (χ1v) is 9.81. The Kier molecular flexibility index (Phi) is 7.79. The number of hydrogen-bond donors (Lipinski definition) is 2. The number of guanidine groups is 1. The van der Waals surface area contributed by atoms with Gasteiger partial charge in [-0.05, 0) is 32.2 Å². The first-order chi connectivity index (χ1) is 12.3. The Labute approximate surface area is 151 Å². The van der Waals surface area contributed by atoms with Gasteiger partial charge < -0.3 is 24.8 Å². The van der Waals surface area contributed by atoms with E-state index in [0.717, 1.165) is 71.5 Å². The number of morpholine rings is 1. The van der Waals surface area contributed by atoms with Crippen molar-refractivity contribution in [2.75, 3.05) is 66.3 Å². The molecule has 0 amide bonds. The minimum Gasteiger partial charge on any atom is -0.381 e. The van der Waals surface area contributed by atoms with Gasteiger partial charge in [-0.1, -0.05) is 0 Å². The summed E-state index contributed by atoms with van der Waals surface area (Å²) in [4.78, 5) is 6.86. The summed E-state index contributed by atoms with van der Waals surface area (Å²) in [6, 6.07) is 0.657. The molecule has 0 spiro atoms. The van der Waals surface area contributed by atoms with Crippen molar-refractivity contribution in [1.82, 2.24) is 15.5 Å². The first kappa shape index (κ1) is 18.9. The lowest BCUT2D eigenvalue weighted by molar-refractivity contribution is -0.0453. The molecule has 3 heterocycles. The third-order valence-corrected chi connectivity index (χ3v) is 5.32. The maximum absolute atomic E-state index is 5.98. The van der Waals surface area contributed by atoms with Gasteiger partial charge in [0.25, 0.3) is 0 Å². The molecule has 0 aromatic heterocycles. The smallest absolute Gasteiger partial charge is 0.191 e. The Hall–Kier alpha value is -0.890. The van der Waals surface area contributed by atoms with Gasteiger partial charge in [-0.3, -0.25) is 9.89 Å². The molecule has 2 N–H and O–H groups in total. The van der Waals surface area contributed by atoms with Crippen molar-refractivity contribution in [2.45, 2.75) is 37.8 Å². The molecule has 25 heavy (non-hydrogen) atoms. The van der Waals surface area contributed by atoms with E-state index in [1.54, 1.807) is 0 Å². The summed E-state index contributed by atoms with van der Waals surface area (Å²) in [6.07, 6.45) is 4.97. The quantitative estimate of drug-likeness (QED) is 0.375. The van der Waals surface area contributed by atoms with Crippen molar-refractivity contribution >= 4 is 5.96 Å². The molecule has 0 aliphatic carbocycles. The maximum Gasteiger partial charge on any atom is 0.191 e. The van der Waals surface area contributed by atoms with Crippen molar-refractivity contribution in [1.29, 1.82) is 0 Å². The summed E-state index contributed by atoms with van der Waals surface area (Å²) in [5.74, 6) is 1.43. The van der Waals surface area contributed by atoms with Gasteiger partial charge >= 0.3 is 0 Å². The fraction of sp³-hybridized carbons (Fsp3) is 0.944. The van der Waals surface area contributed by atoms with Gasteiger partial charge in [-0.15, -0.1) is 0 Å². The van der Waals surface area contributed by atoms with Crippen LogP contribution in [-0.2, 0) is 14.2 Å². The zero-order chi connectivity index (χ0) is 17.3. The summed E-state index contributed by atoms with van der Waals surface area (Å²) in [6.45, 7) is 8.16. The third kappa shape index (κ3) is 6.09. The number of hydrogen-bond acceptors (Lipinski definition) is 5. The Morgan fingerprint density at radius 3 is 3.08 bits per heavy atom. The van der Waals surface area contributed by atoms with Gasteiger partial charge in [0.1, 0.15) is 0 Å². The minimum absolute atomic E-state index is 0.255. The van der Waals surface area contributed by atoms with Crippen LogP contribution in [0, 0.1) is 5.92 Å². The molecule has 7 heteroatoms. The Bertz CT molecular complexity index is 415. The van der Waals surface area contributed by atoms with E-state index in [9.17, 15) is 0 Å². The predicted molar refractivity (Wildman–Crippen MR) is 98.1 cm³/mol. The molecule has 144 valence electrons. The van der Waals surface area contributed by atoms with Crippen LogP contribution in [-0.4, -0.2) is 89.3 Å². The van der Waals surface area contributed by atoms with Crippen LogP contribution in [0.15, 0.2) is 4.99 Å². The second kappa shape index (κ2) is 10.3. The molecule has 3 atom stereocenters. The van der Waals surface area contributed by atoms with Crippen molar-refractivity contribution in [2.24, 2.45) is 10.9 Å². The lowest BCUT2D eigenvalue weighted by Crippen LogP contribution is -2.51. The normalized spacial score (nSPS) is 30.4. The minimum atomic E-state index is 0.255. The lowest BCUT2D eigenvalue weighted by Gasteiger charge is -2.35. The van der Waals surface area contributed by atoms with Crippen LogP contribution in [0.4, 0.5) is 0 Å². The maximum atomic E-state index is 5.98. The fourth-order valence-corrected chi connectivity index (χ4v) is 3.79. The number of rotatable bonds is 8. The van der Waals surface area contributed by atoms with Gasteiger partial charge in [0.05, 0.1) is 25.9 Å². The summed E-state index contributed by atoms with van der Waals surface area (Å²) in [5.41, 5.74) is 0. The molecular formula is C18H34N4O3. The average molecular weight is 354 g/mol. The lowest BCUT2D eigenvalue weighted by atomic mass is 10.1. The number of fused-ring (bicyclic) bond motifs is 1. The highest BCUT2D eigenvalue weighted by atomic mass is 16.5. The van der Waals surface area contributed by atoms with E-state index in [2.05, 4.69) is 20.5 Å². The largest absolute Gasteiger partial charge is 0.381 e. The van der Waals surface area contributed by atoms with Crippen LogP contribution in [0.1, 0.15) is 25.7 Å². The third-order valence-electron chi connectivity index (χ3n) is 5.32. The van der Waals surface area contributed by atoms with Crippen molar-refractivity contribution < 1.29 is 14.2 Å². The Balaban J connectivity index is 1.22. The molecule has 3 unspecified atom stereocenters. The second-order valence-corrected chi connectivity index (χ2v) is 7.28. The second-order valence-electron chi connectivity index (χ2n) is 7.28. The molecule has 0 bridgehead atoms. The highest BCUT2D eigenvalue weighted by Gasteiger charge is 2.32. The molecule has 3 saturated heterocycles. The Morgan fingerprint density at radius 1 is 1.28 bits per heavy atom. The van der Waals surface area contributed by atoms with E-state index in [0.29, 0.717) is 12.0 Å². The van der Waals surface area contributed by atoms with Crippen molar-refractivity contribution in [3.05, 3.63) is 0 Å². The van der Waals surface area contributed by atoms with Crippen LogP contribution in [0.5, 0.6) is 0 Å². The highest BCUT2D eigenvalue weighted by molar-refractivity contribution is 5.79. The molecular weight excluding hydrogens is 320 g/mol. The van der Waals surface area contributed by atoms with E-state index in [1.807, 2.05) is 7.05 Å². The van der Waals surface area contributed by atoms with Gasteiger partial charge in [0.2, 0.25) is 0 Å². The summed E-state index contributed by atoms with van der Waals surface area (Å²) >= 11 is 0. The van der Waals surface area contributed by atoms with Crippen LogP contribution >= 0.6 is 0 Å². The Morgan fingerprint density at radius 2 is 2.24 bits per heavy atom. The van der Waals surface area contributed by atoms with Crippen LogP contribution < -0.4 is 10.6 Å². The topological polar surface area (TPSA) is 67.4 Å². The zero-order valence-electron chi connectivity index (χ0n) is 15.5. The van der Waals surface area contributed by atoms with E-state index in [1.165, 1.54) is 19.4 Å². The molecule has 0 saturated carbocycles. The summed E-state index contributed by atoms with van der Waals surface area (Å²) < 4.78 is 17.1. The standard InChI is InChI=1S/C18H34N4O3/c1-19-18(20-6-3-8-23-12-15-5-9-24-13-15)21-10-17-11-22-7-2-4-16(22)14-25-17/h15-17H,2-14H2,1H3,(H2,19,20,21). The van der Waals surface area contributed by atoms with Crippen LogP contribution in [0.2, 0.25) is 0 Å². The summed E-state index contributed by atoms with van der Waals surface area (Å²) in [7, 11) is 1.81. The van der Waals surface area contributed by atoms with E-state index in [-0.39, 0.29) is 6.10 Å². The van der Waals surface area contributed by atoms with Gasteiger partial charge in [-0.25, -0.2) is 0 Å². The number of aliphatic imine (C=N–C) groups is 1. The molecule has 3 fully saturated rings. The fourth-order valence-electron chi connectivity index (χ4n) is 3.79. The molecule has 0 radical (unpaired) electrons. The number of nitrogens with one attached hydrogen (secondary N) is 2. The number of ether oxygens (including phenoxy) is 3. The predicted octanol–water partition coefficient (Wildman–Crippen LogP) is 0.458. The van der Waals surface area contributed by atoms with Gasteiger partial charge in [-0.2, -0.15) is 0 Å². The van der Waals surface area contributed by atoms with Crippen molar-refractivity contribution in [3.8, 4) is 0 Å². The average Bonchev–Trinajstić information content (AvgIpc) is 3.31. The molecule has 0 aromatic rings. The molecule has 0 aromatic carbocycles. The molecule has 3 rings (SSSR count). The zero-order valence-corrected chi connectivity index (χ0v) is 15.5.